The summed E-state index contributed by atoms with van der Waals surface area (Å²) >= 11 is 0. The van der Waals surface area contributed by atoms with E-state index in [-0.39, 0.29) is 0 Å². The van der Waals surface area contributed by atoms with Crippen molar-refractivity contribution in [2.24, 2.45) is 7.05 Å². The van der Waals surface area contributed by atoms with Crippen molar-refractivity contribution in [2.75, 3.05) is 18.0 Å². The third-order valence-corrected chi connectivity index (χ3v) is 5.47. The van der Waals surface area contributed by atoms with Crippen molar-refractivity contribution in [1.29, 1.82) is 0 Å². The van der Waals surface area contributed by atoms with Gasteiger partial charge in [0.15, 0.2) is 11.4 Å². The van der Waals surface area contributed by atoms with E-state index in [9.17, 15) is 0 Å². The van der Waals surface area contributed by atoms with Gasteiger partial charge in [0.05, 0.1) is 12.9 Å². The molecule has 28 heavy (non-hydrogen) atoms. The van der Waals surface area contributed by atoms with Crippen LogP contribution in [-0.2, 0) is 13.6 Å². The van der Waals surface area contributed by atoms with Crippen molar-refractivity contribution in [3.05, 3.63) is 54.1 Å². The minimum Gasteiger partial charge on any atom is -0.423 e. The zero-order chi connectivity index (χ0) is 19.1. The van der Waals surface area contributed by atoms with Crippen molar-refractivity contribution >= 4 is 17.1 Å². The van der Waals surface area contributed by atoms with E-state index >= 15 is 0 Å². The second kappa shape index (κ2) is 6.78. The average molecular weight is 377 g/mol. The number of piperidine rings is 1. The Morgan fingerprint density at radius 3 is 3.04 bits per heavy atom. The summed E-state index contributed by atoms with van der Waals surface area (Å²) in [5.74, 6) is 2.26. The van der Waals surface area contributed by atoms with E-state index in [0.29, 0.717) is 18.5 Å². The molecular formula is C20H23N7O. The number of benzene rings is 1. The highest BCUT2D eigenvalue weighted by Crippen LogP contribution is 2.30. The average Bonchev–Trinajstić information content (AvgIpc) is 3.43. The molecule has 4 aromatic rings. The van der Waals surface area contributed by atoms with E-state index in [4.69, 9.17) is 9.40 Å². The van der Waals surface area contributed by atoms with Gasteiger partial charge in [0.25, 0.3) is 6.01 Å². The van der Waals surface area contributed by atoms with E-state index < -0.39 is 0 Å². The fraction of sp³-hybridized carbons (Fsp3) is 0.400. The van der Waals surface area contributed by atoms with Gasteiger partial charge in [0, 0.05) is 38.4 Å². The first kappa shape index (κ1) is 17.0. The normalized spacial score (nSPS) is 17.5. The van der Waals surface area contributed by atoms with Gasteiger partial charge < -0.3 is 18.5 Å². The van der Waals surface area contributed by atoms with Crippen molar-refractivity contribution in [2.45, 2.75) is 32.2 Å². The molecule has 8 heteroatoms. The Kier molecular flexibility index (Phi) is 4.11. The van der Waals surface area contributed by atoms with Crippen LogP contribution in [0.1, 0.15) is 36.0 Å². The third-order valence-electron chi connectivity index (χ3n) is 5.47. The molecule has 1 unspecified atom stereocenters. The minimum atomic E-state index is 0.305. The topological polar surface area (TPSA) is 77.8 Å². The number of anilines is 1. The van der Waals surface area contributed by atoms with Gasteiger partial charge in [0.2, 0.25) is 0 Å². The van der Waals surface area contributed by atoms with Crippen LogP contribution in [0, 0.1) is 6.92 Å². The van der Waals surface area contributed by atoms with Gasteiger partial charge in [-0.2, -0.15) is 4.98 Å². The smallest absolute Gasteiger partial charge is 0.298 e. The predicted molar refractivity (Wildman–Crippen MR) is 105 cm³/mol. The first-order valence-electron chi connectivity index (χ1n) is 9.63. The van der Waals surface area contributed by atoms with Crippen LogP contribution in [0.25, 0.3) is 11.1 Å². The van der Waals surface area contributed by atoms with Crippen LogP contribution < -0.4 is 4.90 Å². The number of hydrogen-bond acceptors (Lipinski definition) is 6. The van der Waals surface area contributed by atoms with E-state index in [1.54, 1.807) is 12.5 Å². The number of rotatable bonds is 4. The molecule has 144 valence electrons. The summed E-state index contributed by atoms with van der Waals surface area (Å²) in [5, 5.41) is 8.92. The fourth-order valence-corrected chi connectivity index (χ4v) is 3.93. The van der Waals surface area contributed by atoms with Gasteiger partial charge >= 0.3 is 0 Å². The molecule has 8 nitrogen and oxygen atoms in total. The standard InChI is InChI=1S/C20H23N7O/c1-14-5-6-17-16(10-14)22-20(28-17)27-8-3-4-15(11-27)19-24-23-18(25(19)2)12-26-9-7-21-13-26/h5-7,9-10,13,15H,3-4,8,11-12H2,1-2H3. The van der Waals surface area contributed by atoms with Crippen LogP contribution in [0.15, 0.2) is 41.3 Å². The summed E-state index contributed by atoms with van der Waals surface area (Å²) in [5.41, 5.74) is 2.94. The Bertz CT molecular complexity index is 1100. The first-order valence-corrected chi connectivity index (χ1v) is 9.63. The Balaban J connectivity index is 1.37. The summed E-state index contributed by atoms with van der Waals surface area (Å²) in [6.45, 7) is 4.52. The number of aryl methyl sites for hydroxylation is 1. The molecule has 0 saturated carbocycles. The zero-order valence-corrected chi connectivity index (χ0v) is 16.1. The monoisotopic (exact) mass is 377 g/mol. The zero-order valence-electron chi connectivity index (χ0n) is 16.1. The second-order valence-electron chi connectivity index (χ2n) is 7.52. The number of imidazole rings is 1. The van der Waals surface area contributed by atoms with E-state index in [0.717, 1.165) is 48.7 Å². The molecule has 1 atom stereocenters. The van der Waals surface area contributed by atoms with Gasteiger partial charge in [-0.1, -0.05) is 6.07 Å². The molecule has 5 rings (SSSR count). The van der Waals surface area contributed by atoms with Crippen LogP contribution in [0.4, 0.5) is 6.01 Å². The lowest BCUT2D eigenvalue weighted by Gasteiger charge is -2.31. The maximum atomic E-state index is 6.01. The summed E-state index contributed by atoms with van der Waals surface area (Å²) in [7, 11) is 2.04. The number of oxazole rings is 1. The Morgan fingerprint density at radius 1 is 1.25 bits per heavy atom. The quantitative estimate of drug-likeness (QED) is 0.544. The molecule has 4 heterocycles. The third kappa shape index (κ3) is 3.04. The van der Waals surface area contributed by atoms with Crippen LogP contribution in [0.2, 0.25) is 0 Å². The molecule has 0 amide bonds. The molecule has 0 N–H and O–H groups in total. The lowest BCUT2D eigenvalue weighted by molar-refractivity contribution is 0.448. The molecule has 0 bridgehead atoms. The van der Waals surface area contributed by atoms with Gasteiger partial charge in [-0.3, -0.25) is 0 Å². The maximum Gasteiger partial charge on any atom is 0.298 e. The van der Waals surface area contributed by atoms with E-state index in [1.807, 2.05) is 23.9 Å². The molecule has 0 radical (unpaired) electrons. The molecule has 1 aliphatic rings. The molecule has 1 saturated heterocycles. The summed E-state index contributed by atoms with van der Waals surface area (Å²) in [6, 6.07) is 6.81. The number of hydrogen-bond donors (Lipinski definition) is 0. The van der Waals surface area contributed by atoms with Crippen LogP contribution in [-0.4, -0.2) is 42.4 Å². The van der Waals surface area contributed by atoms with Crippen molar-refractivity contribution < 1.29 is 4.42 Å². The highest BCUT2D eigenvalue weighted by atomic mass is 16.4. The second-order valence-corrected chi connectivity index (χ2v) is 7.52. The minimum absolute atomic E-state index is 0.305. The lowest BCUT2D eigenvalue weighted by Crippen LogP contribution is -2.35. The van der Waals surface area contributed by atoms with Gasteiger partial charge in [-0.05, 0) is 37.5 Å². The molecule has 1 fully saturated rings. The van der Waals surface area contributed by atoms with Crippen LogP contribution >= 0.6 is 0 Å². The molecule has 0 spiro atoms. The first-order chi connectivity index (χ1) is 13.7. The Morgan fingerprint density at radius 2 is 2.18 bits per heavy atom. The number of nitrogens with zero attached hydrogens (tertiary/aromatic N) is 7. The summed E-state index contributed by atoms with van der Waals surface area (Å²) in [6.07, 6.45) is 7.68. The molecular weight excluding hydrogens is 354 g/mol. The highest BCUT2D eigenvalue weighted by molar-refractivity contribution is 5.75. The number of aromatic nitrogens is 6. The summed E-state index contributed by atoms with van der Waals surface area (Å²) < 4.78 is 10.1. The van der Waals surface area contributed by atoms with Crippen LogP contribution in [0.3, 0.4) is 0 Å². The molecule has 1 aliphatic heterocycles. The lowest BCUT2D eigenvalue weighted by atomic mass is 9.97. The molecule has 1 aromatic carbocycles. The van der Waals surface area contributed by atoms with E-state index in [2.05, 4.69) is 43.7 Å². The highest BCUT2D eigenvalue weighted by Gasteiger charge is 2.28. The van der Waals surface area contributed by atoms with Gasteiger partial charge in [0.1, 0.15) is 11.3 Å². The van der Waals surface area contributed by atoms with Crippen molar-refractivity contribution in [3.8, 4) is 0 Å². The van der Waals surface area contributed by atoms with Crippen molar-refractivity contribution in [1.82, 2.24) is 29.3 Å². The van der Waals surface area contributed by atoms with Gasteiger partial charge in [-0.25, -0.2) is 4.98 Å². The van der Waals surface area contributed by atoms with Crippen LogP contribution in [0.5, 0.6) is 0 Å². The maximum absolute atomic E-state index is 6.01. The Hall–Kier alpha value is -3.16. The Labute approximate surface area is 162 Å². The predicted octanol–water partition coefficient (Wildman–Crippen LogP) is 2.89. The van der Waals surface area contributed by atoms with E-state index in [1.165, 1.54) is 5.56 Å². The largest absolute Gasteiger partial charge is 0.423 e. The van der Waals surface area contributed by atoms with Crippen molar-refractivity contribution in [3.63, 3.8) is 0 Å². The SMILES string of the molecule is Cc1ccc2oc(N3CCCC(c4nnc(Cn5ccnc5)n4C)C3)nc2c1. The molecule has 3 aromatic heterocycles. The fourth-order valence-electron chi connectivity index (χ4n) is 3.93. The summed E-state index contributed by atoms with van der Waals surface area (Å²) in [4.78, 5) is 11.0. The molecule has 0 aliphatic carbocycles. The van der Waals surface area contributed by atoms with Gasteiger partial charge in [-0.15, -0.1) is 10.2 Å². The number of fused-ring (bicyclic) bond motifs is 1.